The number of piperazine rings is 1. The standard InChI is InChI=1S/C18H24FN3O3/c19-15-4-2-1-3-13(15)11-17(23)21-7-9-22(10-8-21)18(24)16-6-5-14(12-20)25-16/h1-4,14,16H,5-12,20H2/t14-,16+/m1/s1. The summed E-state index contributed by atoms with van der Waals surface area (Å²) in [5.41, 5.74) is 5.98. The van der Waals surface area contributed by atoms with Gasteiger partial charge in [-0.05, 0) is 24.5 Å². The number of halogens is 1. The zero-order chi connectivity index (χ0) is 17.8. The Morgan fingerprint density at radius 1 is 1.12 bits per heavy atom. The van der Waals surface area contributed by atoms with Gasteiger partial charge in [-0.3, -0.25) is 9.59 Å². The number of ether oxygens (including phenoxy) is 1. The number of carbonyl (C=O) groups is 2. The quantitative estimate of drug-likeness (QED) is 0.861. The maximum Gasteiger partial charge on any atom is 0.251 e. The average molecular weight is 349 g/mol. The highest BCUT2D eigenvalue weighted by Crippen LogP contribution is 2.21. The van der Waals surface area contributed by atoms with E-state index in [4.69, 9.17) is 10.5 Å². The van der Waals surface area contributed by atoms with Gasteiger partial charge in [0.1, 0.15) is 11.9 Å². The van der Waals surface area contributed by atoms with Gasteiger partial charge in [0.25, 0.3) is 5.91 Å². The van der Waals surface area contributed by atoms with Gasteiger partial charge in [-0.25, -0.2) is 4.39 Å². The summed E-state index contributed by atoms with van der Waals surface area (Å²) >= 11 is 0. The maximum atomic E-state index is 13.7. The summed E-state index contributed by atoms with van der Waals surface area (Å²) in [7, 11) is 0. The number of benzene rings is 1. The molecule has 0 radical (unpaired) electrons. The van der Waals surface area contributed by atoms with Crippen LogP contribution in [0.25, 0.3) is 0 Å². The summed E-state index contributed by atoms with van der Waals surface area (Å²) in [5.74, 6) is -0.493. The Balaban J connectivity index is 1.49. The highest BCUT2D eigenvalue weighted by atomic mass is 19.1. The predicted octanol–water partition coefficient (Wildman–Crippen LogP) is 0.545. The second kappa shape index (κ2) is 7.93. The van der Waals surface area contributed by atoms with Crippen molar-refractivity contribution in [3.8, 4) is 0 Å². The third-order valence-electron chi connectivity index (χ3n) is 4.89. The van der Waals surface area contributed by atoms with E-state index in [0.717, 1.165) is 6.42 Å². The molecule has 7 heteroatoms. The number of amides is 2. The predicted molar refractivity (Wildman–Crippen MR) is 90.2 cm³/mol. The molecule has 136 valence electrons. The van der Waals surface area contributed by atoms with Crippen LogP contribution < -0.4 is 5.73 Å². The summed E-state index contributed by atoms with van der Waals surface area (Å²) < 4.78 is 19.3. The number of rotatable bonds is 4. The smallest absolute Gasteiger partial charge is 0.251 e. The Bertz CT molecular complexity index is 632. The van der Waals surface area contributed by atoms with Crippen molar-refractivity contribution >= 4 is 11.8 Å². The van der Waals surface area contributed by atoms with Gasteiger partial charge in [0, 0.05) is 32.7 Å². The van der Waals surface area contributed by atoms with E-state index in [9.17, 15) is 14.0 Å². The van der Waals surface area contributed by atoms with Crippen LogP contribution in [-0.4, -0.2) is 66.5 Å². The fourth-order valence-electron chi connectivity index (χ4n) is 3.36. The molecule has 25 heavy (non-hydrogen) atoms. The van der Waals surface area contributed by atoms with Crippen LogP contribution in [0, 0.1) is 5.82 Å². The van der Waals surface area contributed by atoms with Gasteiger partial charge in [-0.1, -0.05) is 18.2 Å². The monoisotopic (exact) mass is 349 g/mol. The first kappa shape index (κ1) is 17.8. The lowest BCUT2D eigenvalue weighted by molar-refractivity contribution is -0.147. The number of hydrogen-bond acceptors (Lipinski definition) is 4. The molecule has 0 saturated carbocycles. The molecule has 2 fully saturated rings. The van der Waals surface area contributed by atoms with E-state index in [1.807, 2.05) is 0 Å². The molecule has 3 rings (SSSR count). The summed E-state index contributed by atoms with van der Waals surface area (Å²) in [6.07, 6.45) is 1.12. The summed E-state index contributed by atoms with van der Waals surface area (Å²) in [4.78, 5) is 28.3. The average Bonchev–Trinajstić information content (AvgIpc) is 3.12. The van der Waals surface area contributed by atoms with Crippen molar-refractivity contribution in [1.29, 1.82) is 0 Å². The van der Waals surface area contributed by atoms with Crippen LogP contribution in [0.1, 0.15) is 18.4 Å². The SMILES string of the molecule is NC[C@H]1CC[C@@H](C(=O)N2CCN(C(=O)Cc3ccccc3F)CC2)O1. The normalized spacial score (nSPS) is 23.8. The molecule has 0 bridgehead atoms. The van der Waals surface area contributed by atoms with Gasteiger partial charge in [-0.2, -0.15) is 0 Å². The van der Waals surface area contributed by atoms with Crippen LogP contribution in [0.2, 0.25) is 0 Å². The Hall–Kier alpha value is -1.99. The molecule has 0 aliphatic carbocycles. The number of nitrogens with two attached hydrogens (primary N) is 1. The second-order valence-electron chi connectivity index (χ2n) is 6.53. The minimum Gasteiger partial charge on any atom is -0.364 e. The molecule has 2 amide bonds. The van der Waals surface area contributed by atoms with E-state index >= 15 is 0 Å². The molecule has 1 aromatic rings. The van der Waals surface area contributed by atoms with Crippen LogP contribution in [0.15, 0.2) is 24.3 Å². The highest BCUT2D eigenvalue weighted by Gasteiger charge is 2.34. The van der Waals surface area contributed by atoms with Crippen molar-refractivity contribution < 1.29 is 18.7 Å². The van der Waals surface area contributed by atoms with E-state index in [0.29, 0.717) is 44.7 Å². The first-order valence-electron chi connectivity index (χ1n) is 8.74. The molecule has 2 heterocycles. The molecular weight excluding hydrogens is 325 g/mol. The molecule has 0 aromatic heterocycles. The Labute approximate surface area is 146 Å². The van der Waals surface area contributed by atoms with Crippen LogP contribution in [0.4, 0.5) is 4.39 Å². The molecule has 1 aromatic carbocycles. The van der Waals surface area contributed by atoms with Crippen molar-refractivity contribution in [2.75, 3.05) is 32.7 Å². The minimum absolute atomic E-state index is 0.0165. The number of hydrogen-bond donors (Lipinski definition) is 1. The first-order chi connectivity index (χ1) is 12.1. The maximum absolute atomic E-state index is 13.7. The molecule has 2 N–H and O–H groups in total. The molecule has 0 unspecified atom stereocenters. The van der Waals surface area contributed by atoms with Crippen LogP contribution >= 0.6 is 0 Å². The van der Waals surface area contributed by atoms with Crippen molar-refractivity contribution in [3.63, 3.8) is 0 Å². The second-order valence-corrected chi connectivity index (χ2v) is 6.53. The fraction of sp³-hybridized carbons (Fsp3) is 0.556. The lowest BCUT2D eigenvalue weighted by Crippen LogP contribution is -2.53. The lowest BCUT2D eigenvalue weighted by Gasteiger charge is -2.36. The van der Waals surface area contributed by atoms with Gasteiger partial charge >= 0.3 is 0 Å². The van der Waals surface area contributed by atoms with E-state index in [-0.39, 0.29) is 30.2 Å². The van der Waals surface area contributed by atoms with Crippen molar-refractivity contribution in [3.05, 3.63) is 35.6 Å². The van der Waals surface area contributed by atoms with E-state index < -0.39 is 6.10 Å². The molecular formula is C18H24FN3O3. The van der Waals surface area contributed by atoms with Gasteiger partial charge in [0.2, 0.25) is 5.91 Å². The summed E-state index contributed by atoms with van der Waals surface area (Å²) in [6, 6.07) is 6.31. The molecule has 2 atom stereocenters. The summed E-state index contributed by atoms with van der Waals surface area (Å²) in [6.45, 7) is 2.32. The highest BCUT2D eigenvalue weighted by molar-refractivity contribution is 5.82. The minimum atomic E-state index is -0.408. The molecule has 6 nitrogen and oxygen atoms in total. The van der Waals surface area contributed by atoms with Crippen LogP contribution in [0.5, 0.6) is 0 Å². The fourth-order valence-corrected chi connectivity index (χ4v) is 3.36. The van der Waals surface area contributed by atoms with E-state index in [1.165, 1.54) is 6.07 Å². The summed E-state index contributed by atoms with van der Waals surface area (Å²) in [5, 5.41) is 0. The van der Waals surface area contributed by atoms with Gasteiger partial charge < -0.3 is 20.3 Å². The number of nitrogens with zero attached hydrogens (tertiary/aromatic N) is 2. The zero-order valence-electron chi connectivity index (χ0n) is 14.2. The largest absolute Gasteiger partial charge is 0.364 e. The molecule has 2 aliphatic heterocycles. The third kappa shape index (κ3) is 4.16. The lowest BCUT2D eigenvalue weighted by atomic mass is 10.1. The Morgan fingerprint density at radius 3 is 2.44 bits per heavy atom. The van der Waals surface area contributed by atoms with Crippen molar-refractivity contribution in [2.45, 2.75) is 31.5 Å². The molecule has 2 aliphatic rings. The van der Waals surface area contributed by atoms with Crippen molar-refractivity contribution in [1.82, 2.24) is 9.80 Å². The molecule has 0 spiro atoms. The Kier molecular flexibility index (Phi) is 5.65. The van der Waals surface area contributed by atoms with E-state index in [2.05, 4.69) is 0 Å². The number of carbonyl (C=O) groups excluding carboxylic acids is 2. The van der Waals surface area contributed by atoms with Gasteiger partial charge in [-0.15, -0.1) is 0 Å². The van der Waals surface area contributed by atoms with Gasteiger partial charge in [0.05, 0.1) is 12.5 Å². The third-order valence-corrected chi connectivity index (χ3v) is 4.89. The van der Waals surface area contributed by atoms with Crippen LogP contribution in [-0.2, 0) is 20.7 Å². The zero-order valence-corrected chi connectivity index (χ0v) is 14.2. The van der Waals surface area contributed by atoms with Crippen LogP contribution in [0.3, 0.4) is 0 Å². The topological polar surface area (TPSA) is 75.9 Å². The van der Waals surface area contributed by atoms with Gasteiger partial charge in [0.15, 0.2) is 0 Å². The first-order valence-corrected chi connectivity index (χ1v) is 8.74. The van der Waals surface area contributed by atoms with E-state index in [1.54, 1.807) is 28.0 Å². The van der Waals surface area contributed by atoms with Crippen molar-refractivity contribution in [2.24, 2.45) is 5.73 Å². The Morgan fingerprint density at radius 2 is 1.80 bits per heavy atom. The molecule has 2 saturated heterocycles.